The Labute approximate surface area is 114 Å². The van der Waals surface area contributed by atoms with Gasteiger partial charge in [0.2, 0.25) is 0 Å². The molecule has 1 heterocycles. The molecular weight excluding hydrogens is 244 g/mol. The lowest BCUT2D eigenvalue weighted by Gasteiger charge is -2.32. The van der Waals surface area contributed by atoms with Crippen LogP contribution in [-0.2, 0) is 0 Å². The Kier molecular flexibility index (Phi) is 4.50. The summed E-state index contributed by atoms with van der Waals surface area (Å²) >= 11 is 0. The second kappa shape index (κ2) is 6.12. The predicted molar refractivity (Wildman–Crippen MR) is 73.0 cm³/mol. The molecule has 0 aromatic rings. The van der Waals surface area contributed by atoms with Crippen molar-refractivity contribution >= 4 is 11.9 Å². The molecule has 0 aromatic carbocycles. The maximum absolute atomic E-state index is 12.2. The van der Waals surface area contributed by atoms with Gasteiger partial charge < -0.3 is 21.2 Å². The van der Waals surface area contributed by atoms with E-state index < -0.39 is 0 Å². The Balaban J connectivity index is 1.91. The molecule has 4 N–H and O–H groups in total. The van der Waals surface area contributed by atoms with Gasteiger partial charge in [0, 0.05) is 25.0 Å². The van der Waals surface area contributed by atoms with E-state index in [0.29, 0.717) is 5.92 Å². The first-order valence-electron chi connectivity index (χ1n) is 7.14. The largest absolute Gasteiger partial charge is 0.409 e. The zero-order chi connectivity index (χ0) is 13.8. The number of rotatable bonds is 2. The molecule has 1 aliphatic heterocycles. The quantitative estimate of drug-likeness (QED) is 0.305. The zero-order valence-corrected chi connectivity index (χ0v) is 11.5. The number of hydrogen-bond acceptors (Lipinski definition) is 3. The van der Waals surface area contributed by atoms with E-state index in [-0.39, 0.29) is 23.8 Å². The maximum atomic E-state index is 12.2. The van der Waals surface area contributed by atoms with Crippen molar-refractivity contribution < 1.29 is 10.0 Å². The van der Waals surface area contributed by atoms with Crippen LogP contribution in [0.3, 0.4) is 0 Å². The minimum Gasteiger partial charge on any atom is -0.409 e. The van der Waals surface area contributed by atoms with Crippen LogP contribution in [0.25, 0.3) is 0 Å². The highest BCUT2D eigenvalue weighted by atomic mass is 16.4. The van der Waals surface area contributed by atoms with Crippen molar-refractivity contribution in [2.45, 2.75) is 45.1 Å². The van der Waals surface area contributed by atoms with Crippen molar-refractivity contribution in [1.82, 2.24) is 10.2 Å². The van der Waals surface area contributed by atoms with Crippen LogP contribution in [0, 0.1) is 11.8 Å². The van der Waals surface area contributed by atoms with Gasteiger partial charge >= 0.3 is 6.03 Å². The number of nitrogens with two attached hydrogens (primary N) is 1. The average Bonchev–Trinajstić information content (AvgIpc) is 2.86. The SMILES string of the molecule is CC1CCCN(C(=O)NC2CCCC2C(N)=NO)C1. The second-order valence-corrected chi connectivity index (χ2v) is 5.81. The van der Waals surface area contributed by atoms with Gasteiger partial charge in [-0.25, -0.2) is 4.79 Å². The molecule has 2 aliphatic rings. The van der Waals surface area contributed by atoms with E-state index in [4.69, 9.17) is 10.9 Å². The fourth-order valence-corrected chi connectivity index (χ4v) is 3.18. The first-order valence-corrected chi connectivity index (χ1v) is 7.14. The molecule has 0 spiro atoms. The van der Waals surface area contributed by atoms with E-state index >= 15 is 0 Å². The van der Waals surface area contributed by atoms with Crippen LogP contribution in [0.1, 0.15) is 39.0 Å². The molecular formula is C13H24N4O2. The fraction of sp³-hybridized carbons (Fsp3) is 0.846. The van der Waals surface area contributed by atoms with Crippen molar-refractivity contribution in [2.75, 3.05) is 13.1 Å². The highest BCUT2D eigenvalue weighted by Gasteiger charge is 2.33. The topological polar surface area (TPSA) is 91.0 Å². The third-order valence-electron chi connectivity index (χ3n) is 4.26. The number of carbonyl (C=O) groups excluding carboxylic acids is 1. The van der Waals surface area contributed by atoms with E-state index in [2.05, 4.69) is 17.4 Å². The third kappa shape index (κ3) is 3.30. The molecule has 1 aliphatic carbocycles. The number of urea groups is 1. The molecule has 2 fully saturated rings. The molecule has 6 nitrogen and oxygen atoms in total. The lowest BCUT2D eigenvalue weighted by atomic mass is 10.0. The summed E-state index contributed by atoms with van der Waals surface area (Å²) in [5.74, 6) is 0.772. The molecule has 3 unspecified atom stereocenters. The number of oxime groups is 1. The van der Waals surface area contributed by atoms with Crippen LogP contribution >= 0.6 is 0 Å². The van der Waals surface area contributed by atoms with E-state index in [1.165, 1.54) is 6.42 Å². The molecule has 0 aromatic heterocycles. The monoisotopic (exact) mass is 268 g/mol. The van der Waals surface area contributed by atoms with Crippen molar-refractivity contribution in [1.29, 1.82) is 0 Å². The van der Waals surface area contributed by atoms with Crippen LogP contribution in [0.15, 0.2) is 5.16 Å². The van der Waals surface area contributed by atoms with Gasteiger partial charge in [-0.05, 0) is 31.6 Å². The molecule has 0 radical (unpaired) electrons. The van der Waals surface area contributed by atoms with E-state index in [1.54, 1.807) is 0 Å². The smallest absolute Gasteiger partial charge is 0.317 e. The predicted octanol–water partition coefficient (Wildman–Crippen LogP) is 1.34. The summed E-state index contributed by atoms with van der Waals surface area (Å²) < 4.78 is 0. The van der Waals surface area contributed by atoms with Crippen LogP contribution in [0.4, 0.5) is 4.79 Å². The summed E-state index contributed by atoms with van der Waals surface area (Å²) in [5.41, 5.74) is 5.68. The number of piperidine rings is 1. The van der Waals surface area contributed by atoms with Crippen LogP contribution in [0.2, 0.25) is 0 Å². The normalized spacial score (nSPS) is 32.4. The minimum absolute atomic E-state index is 0.000586. The molecule has 6 heteroatoms. The van der Waals surface area contributed by atoms with Gasteiger partial charge in [-0.2, -0.15) is 0 Å². The summed E-state index contributed by atoms with van der Waals surface area (Å²) in [6, 6.07) is -0.00479. The number of amidine groups is 1. The Morgan fingerprint density at radius 2 is 2.16 bits per heavy atom. The van der Waals surface area contributed by atoms with Gasteiger partial charge in [-0.1, -0.05) is 18.5 Å². The van der Waals surface area contributed by atoms with Crippen LogP contribution in [-0.4, -0.2) is 41.1 Å². The molecule has 1 saturated carbocycles. The standard InChI is InChI=1S/C13H24N4O2/c1-9-4-3-7-17(8-9)13(18)15-11-6-2-5-10(11)12(14)16-19/h9-11,19H,2-8H2,1H3,(H2,14,16)(H,15,18). The molecule has 1 saturated heterocycles. The summed E-state index contributed by atoms with van der Waals surface area (Å²) in [6.07, 6.45) is 5.04. The van der Waals surface area contributed by atoms with Crippen molar-refractivity contribution in [3.8, 4) is 0 Å². The number of amides is 2. The van der Waals surface area contributed by atoms with Gasteiger partial charge in [-0.3, -0.25) is 0 Å². The molecule has 3 atom stereocenters. The Morgan fingerprint density at radius 1 is 1.37 bits per heavy atom. The van der Waals surface area contributed by atoms with Gasteiger partial charge in [0.25, 0.3) is 0 Å². The third-order valence-corrected chi connectivity index (χ3v) is 4.26. The maximum Gasteiger partial charge on any atom is 0.317 e. The van der Waals surface area contributed by atoms with Gasteiger partial charge in [0.05, 0.1) is 0 Å². The summed E-state index contributed by atoms with van der Waals surface area (Å²) in [5, 5.41) is 14.9. The van der Waals surface area contributed by atoms with Crippen molar-refractivity contribution in [3.63, 3.8) is 0 Å². The molecule has 2 amide bonds. The van der Waals surface area contributed by atoms with Crippen molar-refractivity contribution in [3.05, 3.63) is 0 Å². The molecule has 0 bridgehead atoms. The number of likely N-dealkylation sites (tertiary alicyclic amines) is 1. The summed E-state index contributed by atoms with van der Waals surface area (Å²) in [4.78, 5) is 14.1. The van der Waals surface area contributed by atoms with Crippen LogP contribution < -0.4 is 11.1 Å². The highest BCUT2D eigenvalue weighted by Crippen LogP contribution is 2.26. The Bertz CT molecular complexity index is 359. The lowest BCUT2D eigenvalue weighted by molar-refractivity contribution is 0.165. The Morgan fingerprint density at radius 3 is 2.84 bits per heavy atom. The fourth-order valence-electron chi connectivity index (χ4n) is 3.18. The summed E-state index contributed by atoms with van der Waals surface area (Å²) in [7, 11) is 0. The summed E-state index contributed by atoms with van der Waals surface area (Å²) in [6.45, 7) is 3.83. The number of nitrogens with zero attached hydrogens (tertiary/aromatic N) is 2. The zero-order valence-electron chi connectivity index (χ0n) is 11.5. The number of hydrogen-bond donors (Lipinski definition) is 3. The van der Waals surface area contributed by atoms with Crippen LogP contribution in [0.5, 0.6) is 0 Å². The van der Waals surface area contributed by atoms with E-state index in [0.717, 1.165) is 38.8 Å². The van der Waals surface area contributed by atoms with Gasteiger partial charge in [0.1, 0.15) is 5.84 Å². The second-order valence-electron chi connectivity index (χ2n) is 5.81. The first kappa shape index (κ1) is 14.0. The lowest BCUT2D eigenvalue weighted by Crippen LogP contribution is -2.50. The van der Waals surface area contributed by atoms with Gasteiger partial charge in [-0.15, -0.1) is 0 Å². The molecule has 2 rings (SSSR count). The molecule has 108 valence electrons. The number of nitrogens with one attached hydrogen (secondary N) is 1. The van der Waals surface area contributed by atoms with E-state index in [1.807, 2.05) is 4.90 Å². The van der Waals surface area contributed by atoms with Gasteiger partial charge in [0.15, 0.2) is 0 Å². The van der Waals surface area contributed by atoms with Crippen molar-refractivity contribution in [2.24, 2.45) is 22.7 Å². The minimum atomic E-state index is -0.0313. The highest BCUT2D eigenvalue weighted by molar-refractivity contribution is 5.84. The average molecular weight is 268 g/mol. The number of carbonyl (C=O) groups is 1. The van der Waals surface area contributed by atoms with E-state index in [9.17, 15) is 4.79 Å². The first-order chi connectivity index (χ1) is 9.11. The molecule has 19 heavy (non-hydrogen) atoms. The Hall–Kier alpha value is -1.46.